The zero-order chi connectivity index (χ0) is 21.5. The Hall–Kier alpha value is -3.10. The number of imidazole rings is 1. The van der Waals surface area contributed by atoms with E-state index in [1.807, 2.05) is 25.4 Å². The van der Waals surface area contributed by atoms with E-state index in [0.29, 0.717) is 28.5 Å². The van der Waals surface area contributed by atoms with Crippen LogP contribution in [0.2, 0.25) is 5.02 Å². The van der Waals surface area contributed by atoms with Gasteiger partial charge in [-0.05, 0) is 24.3 Å². The second-order valence-corrected chi connectivity index (χ2v) is 8.11. The van der Waals surface area contributed by atoms with Gasteiger partial charge >= 0.3 is 0 Å². The Labute approximate surface area is 182 Å². The fourth-order valence-corrected chi connectivity index (χ4v) is 3.88. The molecule has 4 heterocycles. The molecule has 0 aliphatic carbocycles. The van der Waals surface area contributed by atoms with Crippen molar-refractivity contribution < 1.29 is 8.78 Å². The third-order valence-corrected chi connectivity index (χ3v) is 5.81. The number of fused-ring (bicyclic) bond motifs is 1. The summed E-state index contributed by atoms with van der Waals surface area (Å²) in [6.45, 7) is 2.99. The molecule has 1 saturated heterocycles. The van der Waals surface area contributed by atoms with Gasteiger partial charge in [0.05, 0.1) is 45.7 Å². The van der Waals surface area contributed by atoms with Gasteiger partial charge in [0, 0.05) is 44.2 Å². The molecule has 2 N–H and O–H groups in total. The van der Waals surface area contributed by atoms with Crippen LogP contribution in [0.25, 0.3) is 33.7 Å². The van der Waals surface area contributed by atoms with Crippen molar-refractivity contribution >= 4 is 28.3 Å². The minimum atomic E-state index is -0.812. The third kappa shape index (κ3) is 3.73. The number of halogens is 3. The standard InChI is InChI=1S/C22H19ClF2N6/c1-31(10-12-7-26-8-12)13-4-20-18(27-9-13)2-3-19(30-20)22-21(28-11-29-22)14-5-15(23)17(25)6-16(14)24/h2-6,9,11-12,26H,7-8,10H2,1H3,(H,28,29). The minimum absolute atomic E-state index is 0.126. The fraction of sp³-hybridized carbons (Fsp3) is 0.227. The first-order valence-corrected chi connectivity index (χ1v) is 10.2. The van der Waals surface area contributed by atoms with E-state index in [2.05, 4.69) is 25.2 Å². The summed E-state index contributed by atoms with van der Waals surface area (Å²) < 4.78 is 28.0. The van der Waals surface area contributed by atoms with Crippen LogP contribution in [0.4, 0.5) is 14.5 Å². The Morgan fingerprint density at radius 2 is 1.94 bits per heavy atom. The quantitative estimate of drug-likeness (QED) is 0.453. The van der Waals surface area contributed by atoms with Gasteiger partial charge in [0.25, 0.3) is 0 Å². The maximum absolute atomic E-state index is 14.4. The Kier molecular flexibility index (Phi) is 5.03. The van der Waals surface area contributed by atoms with Gasteiger partial charge < -0.3 is 15.2 Å². The molecule has 0 radical (unpaired) electrons. The summed E-state index contributed by atoms with van der Waals surface area (Å²) in [5, 5.41) is 3.11. The van der Waals surface area contributed by atoms with E-state index in [-0.39, 0.29) is 10.6 Å². The largest absolute Gasteiger partial charge is 0.373 e. The molecule has 0 spiro atoms. The fourth-order valence-electron chi connectivity index (χ4n) is 3.71. The number of hydrogen-bond acceptors (Lipinski definition) is 5. The van der Waals surface area contributed by atoms with Crippen molar-refractivity contribution in [1.82, 2.24) is 25.3 Å². The zero-order valence-electron chi connectivity index (χ0n) is 16.7. The summed E-state index contributed by atoms with van der Waals surface area (Å²) >= 11 is 5.87. The van der Waals surface area contributed by atoms with Gasteiger partial charge in [-0.25, -0.2) is 18.7 Å². The number of rotatable bonds is 5. The molecule has 0 atom stereocenters. The highest BCUT2D eigenvalue weighted by atomic mass is 35.5. The average Bonchev–Trinajstić information content (AvgIpc) is 3.22. The number of aromatic nitrogens is 4. The molecule has 0 bridgehead atoms. The van der Waals surface area contributed by atoms with Gasteiger partial charge in [-0.1, -0.05) is 11.6 Å². The van der Waals surface area contributed by atoms with E-state index >= 15 is 0 Å². The first kappa shape index (κ1) is 19.8. The van der Waals surface area contributed by atoms with Crippen LogP contribution in [0, 0.1) is 17.6 Å². The maximum Gasteiger partial charge on any atom is 0.144 e. The van der Waals surface area contributed by atoms with Crippen molar-refractivity contribution in [2.24, 2.45) is 5.92 Å². The summed E-state index contributed by atoms with van der Waals surface area (Å²) in [7, 11) is 2.04. The lowest BCUT2D eigenvalue weighted by atomic mass is 10.0. The molecule has 0 unspecified atom stereocenters. The van der Waals surface area contributed by atoms with E-state index in [1.165, 1.54) is 12.4 Å². The topological polar surface area (TPSA) is 69.7 Å². The van der Waals surface area contributed by atoms with Crippen molar-refractivity contribution in [3.63, 3.8) is 0 Å². The molecule has 0 amide bonds. The number of nitrogens with one attached hydrogen (secondary N) is 2. The summed E-state index contributed by atoms with van der Waals surface area (Å²) in [6, 6.07) is 7.62. The van der Waals surface area contributed by atoms with Crippen LogP contribution in [0.5, 0.6) is 0 Å². The molecule has 31 heavy (non-hydrogen) atoms. The number of hydrogen-bond donors (Lipinski definition) is 2. The smallest absolute Gasteiger partial charge is 0.144 e. The predicted molar refractivity (Wildman–Crippen MR) is 117 cm³/mol. The van der Waals surface area contributed by atoms with Crippen LogP contribution in [0.3, 0.4) is 0 Å². The van der Waals surface area contributed by atoms with Gasteiger partial charge in [-0.15, -0.1) is 0 Å². The van der Waals surface area contributed by atoms with Crippen LogP contribution in [-0.2, 0) is 0 Å². The van der Waals surface area contributed by atoms with E-state index < -0.39 is 11.6 Å². The average molecular weight is 441 g/mol. The maximum atomic E-state index is 14.4. The Balaban J connectivity index is 1.53. The Morgan fingerprint density at radius 1 is 1.10 bits per heavy atom. The van der Waals surface area contributed by atoms with Crippen LogP contribution < -0.4 is 10.2 Å². The van der Waals surface area contributed by atoms with Crippen LogP contribution >= 0.6 is 11.6 Å². The normalized spacial score (nSPS) is 14.1. The second-order valence-electron chi connectivity index (χ2n) is 7.71. The number of aromatic amines is 1. The SMILES string of the molecule is CN(CC1CNC1)c1cnc2ccc(-c3nc[nH]c3-c3cc(Cl)c(F)cc3F)nc2c1. The van der Waals surface area contributed by atoms with E-state index in [0.717, 1.165) is 36.9 Å². The second kappa shape index (κ2) is 7.86. The first-order chi connectivity index (χ1) is 15.0. The molecule has 1 aromatic carbocycles. The van der Waals surface area contributed by atoms with E-state index in [9.17, 15) is 8.78 Å². The van der Waals surface area contributed by atoms with Crippen LogP contribution in [-0.4, -0.2) is 46.6 Å². The molecule has 158 valence electrons. The van der Waals surface area contributed by atoms with E-state index in [4.69, 9.17) is 16.6 Å². The molecular weight excluding hydrogens is 422 g/mol. The predicted octanol–water partition coefficient (Wildman–Crippen LogP) is 4.27. The van der Waals surface area contributed by atoms with Crippen molar-refractivity contribution in [3.8, 4) is 22.6 Å². The lowest BCUT2D eigenvalue weighted by Gasteiger charge is -2.32. The summed E-state index contributed by atoms with van der Waals surface area (Å²) in [4.78, 5) is 18.6. The highest BCUT2D eigenvalue weighted by molar-refractivity contribution is 6.31. The van der Waals surface area contributed by atoms with Gasteiger partial charge in [-0.2, -0.15) is 0 Å². The molecule has 5 rings (SSSR count). The van der Waals surface area contributed by atoms with Crippen molar-refractivity contribution in [1.29, 1.82) is 0 Å². The number of benzene rings is 1. The number of nitrogens with zero attached hydrogens (tertiary/aromatic N) is 4. The van der Waals surface area contributed by atoms with E-state index in [1.54, 1.807) is 6.07 Å². The molecule has 1 aliphatic rings. The molecule has 1 fully saturated rings. The zero-order valence-corrected chi connectivity index (χ0v) is 17.4. The Bertz CT molecular complexity index is 1270. The van der Waals surface area contributed by atoms with Crippen LogP contribution in [0.15, 0.2) is 42.9 Å². The Morgan fingerprint density at radius 3 is 2.71 bits per heavy atom. The monoisotopic (exact) mass is 440 g/mol. The summed E-state index contributed by atoms with van der Waals surface area (Å²) in [6.07, 6.45) is 3.29. The van der Waals surface area contributed by atoms with Crippen LogP contribution in [0.1, 0.15) is 0 Å². The molecular formula is C22H19ClF2N6. The molecule has 1 aliphatic heterocycles. The lowest BCUT2D eigenvalue weighted by Crippen LogP contribution is -2.47. The molecule has 3 aromatic heterocycles. The van der Waals surface area contributed by atoms with Gasteiger partial charge in [0.2, 0.25) is 0 Å². The minimum Gasteiger partial charge on any atom is -0.373 e. The third-order valence-electron chi connectivity index (χ3n) is 5.52. The molecule has 4 aromatic rings. The molecule has 0 saturated carbocycles. The first-order valence-electron chi connectivity index (χ1n) is 9.87. The van der Waals surface area contributed by atoms with Crippen molar-refractivity contribution in [3.05, 3.63) is 59.5 Å². The summed E-state index contributed by atoms with van der Waals surface area (Å²) in [5.41, 5.74) is 3.93. The van der Waals surface area contributed by atoms with Crippen molar-refractivity contribution in [2.75, 3.05) is 31.6 Å². The number of H-pyrrole nitrogens is 1. The van der Waals surface area contributed by atoms with Gasteiger partial charge in [0.15, 0.2) is 0 Å². The number of anilines is 1. The number of pyridine rings is 2. The molecule has 6 nitrogen and oxygen atoms in total. The van der Waals surface area contributed by atoms with Crippen molar-refractivity contribution in [2.45, 2.75) is 0 Å². The molecule has 9 heteroatoms. The summed E-state index contributed by atoms with van der Waals surface area (Å²) in [5.74, 6) is -0.915. The highest BCUT2D eigenvalue weighted by Crippen LogP contribution is 2.33. The highest BCUT2D eigenvalue weighted by Gasteiger charge is 2.20. The lowest BCUT2D eigenvalue weighted by molar-refractivity contribution is 0.353. The van der Waals surface area contributed by atoms with Gasteiger partial charge in [-0.3, -0.25) is 4.98 Å². The van der Waals surface area contributed by atoms with Gasteiger partial charge in [0.1, 0.15) is 17.3 Å².